The van der Waals surface area contributed by atoms with E-state index < -0.39 is 0 Å². The Labute approximate surface area is 113 Å². The van der Waals surface area contributed by atoms with Crippen molar-refractivity contribution in [1.82, 2.24) is 4.57 Å². The van der Waals surface area contributed by atoms with Crippen molar-refractivity contribution < 1.29 is 0 Å². The molecule has 0 radical (unpaired) electrons. The number of aromatic nitrogens is 1. The molecule has 2 heteroatoms. The highest BCUT2D eigenvalue weighted by Crippen LogP contribution is 2.12. The van der Waals surface area contributed by atoms with Crippen LogP contribution in [0, 0.1) is 0 Å². The lowest BCUT2D eigenvalue weighted by Crippen LogP contribution is -2.01. The lowest BCUT2D eigenvalue weighted by atomic mass is 10.1. The first-order chi connectivity index (χ1) is 8.84. The molecule has 0 fully saturated rings. The topological polar surface area (TPSA) is 30.9 Å². The molecule has 0 aliphatic rings. The first-order valence-corrected chi connectivity index (χ1v) is 7.75. The predicted octanol–water partition coefficient (Wildman–Crippen LogP) is 4.99. The van der Waals surface area contributed by atoms with E-state index in [2.05, 4.69) is 17.7 Å². The van der Waals surface area contributed by atoms with Gasteiger partial charge in [0.1, 0.15) is 5.82 Å². The summed E-state index contributed by atoms with van der Waals surface area (Å²) >= 11 is 0. The summed E-state index contributed by atoms with van der Waals surface area (Å²) in [5, 5.41) is 0. The monoisotopic (exact) mass is 250 g/mol. The second-order valence-corrected chi connectivity index (χ2v) is 5.31. The third-order valence-electron chi connectivity index (χ3n) is 3.62. The highest BCUT2D eigenvalue weighted by Gasteiger charge is 1.96. The van der Waals surface area contributed by atoms with Crippen LogP contribution < -0.4 is 5.73 Å². The number of nitrogens with zero attached hydrogens (tertiary/aromatic N) is 1. The van der Waals surface area contributed by atoms with Gasteiger partial charge in [0.25, 0.3) is 0 Å². The van der Waals surface area contributed by atoms with Gasteiger partial charge in [0.15, 0.2) is 0 Å². The molecule has 1 aromatic heterocycles. The van der Waals surface area contributed by atoms with Crippen molar-refractivity contribution in [3.63, 3.8) is 0 Å². The SMILES string of the molecule is CCCCCCCCCCCCn1cccc1N. The summed E-state index contributed by atoms with van der Waals surface area (Å²) < 4.78 is 2.14. The minimum atomic E-state index is 0.894. The molecule has 18 heavy (non-hydrogen) atoms. The number of hydrogen-bond donors (Lipinski definition) is 1. The molecular formula is C16H30N2. The Morgan fingerprint density at radius 2 is 1.44 bits per heavy atom. The Balaban J connectivity index is 1.83. The van der Waals surface area contributed by atoms with E-state index >= 15 is 0 Å². The Morgan fingerprint density at radius 3 is 1.94 bits per heavy atom. The van der Waals surface area contributed by atoms with Crippen LogP contribution in [0.3, 0.4) is 0 Å². The van der Waals surface area contributed by atoms with Crippen LogP contribution in [0.25, 0.3) is 0 Å². The molecule has 0 spiro atoms. The Bertz CT molecular complexity index is 291. The minimum absolute atomic E-state index is 0.894. The molecule has 2 nitrogen and oxygen atoms in total. The minimum Gasteiger partial charge on any atom is -0.385 e. The van der Waals surface area contributed by atoms with Crippen LogP contribution in [0.2, 0.25) is 0 Å². The molecule has 1 heterocycles. The summed E-state index contributed by atoms with van der Waals surface area (Å²) in [6.07, 6.45) is 16.0. The van der Waals surface area contributed by atoms with E-state index in [1.807, 2.05) is 12.1 Å². The molecule has 0 aliphatic heterocycles. The van der Waals surface area contributed by atoms with Crippen LogP contribution in [-0.4, -0.2) is 4.57 Å². The maximum Gasteiger partial charge on any atom is 0.103 e. The molecule has 1 rings (SSSR count). The van der Waals surface area contributed by atoms with Gasteiger partial charge in [0, 0.05) is 12.7 Å². The van der Waals surface area contributed by atoms with Crippen LogP contribution in [0.4, 0.5) is 5.82 Å². The van der Waals surface area contributed by atoms with Crippen molar-refractivity contribution in [3.05, 3.63) is 18.3 Å². The molecule has 0 amide bonds. The number of unbranched alkanes of at least 4 members (excludes halogenated alkanes) is 9. The van der Waals surface area contributed by atoms with Crippen LogP contribution in [0.15, 0.2) is 18.3 Å². The first kappa shape index (κ1) is 15.1. The summed E-state index contributed by atoms with van der Waals surface area (Å²) in [6, 6.07) is 3.99. The van der Waals surface area contributed by atoms with Gasteiger partial charge < -0.3 is 10.3 Å². The molecular weight excluding hydrogens is 220 g/mol. The van der Waals surface area contributed by atoms with E-state index in [1.54, 1.807) is 0 Å². The Morgan fingerprint density at radius 1 is 0.889 bits per heavy atom. The quantitative estimate of drug-likeness (QED) is 0.551. The van der Waals surface area contributed by atoms with Crippen molar-refractivity contribution >= 4 is 5.82 Å². The highest BCUT2D eigenvalue weighted by atomic mass is 15.0. The van der Waals surface area contributed by atoms with Gasteiger partial charge in [-0.3, -0.25) is 0 Å². The molecule has 0 aliphatic carbocycles. The maximum atomic E-state index is 5.82. The van der Waals surface area contributed by atoms with Crippen molar-refractivity contribution in [1.29, 1.82) is 0 Å². The van der Waals surface area contributed by atoms with Gasteiger partial charge in [-0.25, -0.2) is 0 Å². The van der Waals surface area contributed by atoms with Gasteiger partial charge in [0.05, 0.1) is 0 Å². The fourth-order valence-corrected chi connectivity index (χ4v) is 2.40. The summed E-state index contributed by atoms with van der Waals surface area (Å²) in [6.45, 7) is 3.35. The zero-order chi connectivity index (χ0) is 13.1. The van der Waals surface area contributed by atoms with Crippen LogP contribution in [0.1, 0.15) is 71.1 Å². The Kier molecular flexibility index (Phi) is 8.45. The van der Waals surface area contributed by atoms with E-state index in [0.717, 1.165) is 12.4 Å². The smallest absolute Gasteiger partial charge is 0.103 e. The van der Waals surface area contributed by atoms with Crippen molar-refractivity contribution in [2.24, 2.45) is 0 Å². The molecule has 0 aromatic carbocycles. The predicted molar refractivity (Wildman–Crippen MR) is 80.7 cm³/mol. The van der Waals surface area contributed by atoms with Gasteiger partial charge in [-0.15, -0.1) is 0 Å². The second-order valence-electron chi connectivity index (χ2n) is 5.31. The lowest BCUT2D eigenvalue weighted by Gasteiger charge is -2.05. The van der Waals surface area contributed by atoms with Crippen molar-refractivity contribution in [2.45, 2.75) is 77.7 Å². The number of nitrogen functional groups attached to an aromatic ring is 1. The first-order valence-electron chi connectivity index (χ1n) is 7.75. The zero-order valence-electron chi connectivity index (χ0n) is 12.0. The van der Waals surface area contributed by atoms with Gasteiger partial charge >= 0.3 is 0 Å². The average molecular weight is 250 g/mol. The van der Waals surface area contributed by atoms with Crippen LogP contribution >= 0.6 is 0 Å². The molecule has 1 aromatic rings. The number of anilines is 1. The maximum absolute atomic E-state index is 5.82. The average Bonchev–Trinajstić information content (AvgIpc) is 2.77. The standard InChI is InChI=1S/C16H30N2/c1-2-3-4-5-6-7-8-9-10-11-14-18-15-12-13-16(18)17/h12-13,15H,2-11,14,17H2,1H3. The fourth-order valence-electron chi connectivity index (χ4n) is 2.40. The molecule has 0 bridgehead atoms. The second kappa shape index (κ2) is 10.0. The van der Waals surface area contributed by atoms with Crippen LogP contribution in [-0.2, 0) is 6.54 Å². The van der Waals surface area contributed by atoms with Crippen molar-refractivity contribution in [3.8, 4) is 0 Å². The fraction of sp³-hybridized carbons (Fsp3) is 0.750. The van der Waals surface area contributed by atoms with E-state index in [1.165, 1.54) is 64.2 Å². The number of rotatable bonds is 11. The molecule has 0 unspecified atom stereocenters. The summed E-state index contributed by atoms with van der Waals surface area (Å²) in [5.74, 6) is 0.894. The van der Waals surface area contributed by atoms with Crippen LogP contribution in [0.5, 0.6) is 0 Å². The van der Waals surface area contributed by atoms with Gasteiger partial charge in [-0.2, -0.15) is 0 Å². The molecule has 0 saturated carbocycles. The summed E-state index contributed by atoms with van der Waals surface area (Å²) in [7, 11) is 0. The largest absolute Gasteiger partial charge is 0.385 e. The summed E-state index contributed by atoms with van der Waals surface area (Å²) in [4.78, 5) is 0. The molecule has 104 valence electrons. The number of aryl methyl sites for hydroxylation is 1. The third-order valence-corrected chi connectivity index (χ3v) is 3.62. The van der Waals surface area contributed by atoms with E-state index in [4.69, 9.17) is 5.73 Å². The van der Waals surface area contributed by atoms with Gasteiger partial charge in [0.2, 0.25) is 0 Å². The number of hydrogen-bond acceptors (Lipinski definition) is 1. The molecule has 0 saturated heterocycles. The third kappa shape index (κ3) is 6.73. The highest BCUT2D eigenvalue weighted by molar-refractivity contribution is 5.29. The normalized spacial score (nSPS) is 10.9. The van der Waals surface area contributed by atoms with E-state index in [0.29, 0.717) is 0 Å². The van der Waals surface area contributed by atoms with Gasteiger partial charge in [-0.1, -0.05) is 64.7 Å². The molecule has 0 atom stereocenters. The Hall–Kier alpha value is -0.920. The van der Waals surface area contributed by atoms with Crippen molar-refractivity contribution in [2.75, 3.05) is 5.73 Å². The lowest BCUT2D eigenvalue weighted by molar-refractivity contribution is 0.537. The molecule has 2 N–H and O–H groups in total. The number of nitrogens with two attached hydrogens (primary N) is 1. The van der Waals surface area contributed by atoms with Gasteiger partial charge in [-0.05, 0) is 18.6 Å². The van der Waals surface area contributed by atoms with E-state index in [-0.39, 0.29) is 0 Å². The van der Waals surface area contributed by atoms with E-state index in [9.17, 15) is 0 Å². The summed E-state index contributed by atoms with van der Waals surface area (Å²) in [5.41, 5.74) is 5.82. The zero-order valence-corrected chi connectivity index (χ0v) is 12.0.